The molecule has 0 aliphatic carbocycles. The molecule has 2 aromatic carbocycles. The van der Waals surface area contributed by atoms with Crippen molar-refractivity contribution in [3.05, 3.63) is 57.5 Å². The van der Waals surface area contributed by atoms with E-state index in [1.165, 1.54) is 0 Å². The number of rotatable bonds is 4. The summed E-state index contributed by atoms with van der Waals surface area (Å²) in [5, 5.41) is 0. The van der Waals surface area contributed by atoms with Crippen molar-refractivity contribution in [2.45, 2.75) is 0 Å². The van der Waals surface area contributed by atoms with E-state index in [0.29, 0.717) is 0 Å². The first-order valence-corrected chi connectivity index (χ1v) is 9.32. The van der Waals surface area contributed by atoms with E-state index in [9.17, 15) is 0 Å². The molecule has 0 aliphatic heterocycles. The molecule has 0 unspecified atom stereocenters. The van der Waals surface area contributed by atoms with Gasteiger partial charge in [0.25, 0.3) is 0 Å². The van der Waals surface area contributed by atoms with Gasteiger partial charge in [0.1, 0.15) is 11.5 Å². The molecule has 0 saturated heterocycles. The van der Waals surface area contributed by atoms with E-state index in [4.69, 9.17) is 9.47 Å². The van der Waals surface area contributed by atoms with Gasteiger partial charge in [0, 0.05) is 11.1 Å². The van der Waals surface area contributed by atoms with Crippen molar-refractivity contribution in [2.24, 2.45) is 0 Å². The monoisotopic (exact) mass is 452 g/mol. The van der Waals surface area contributed by atoms with E-state index in [1.807, 2.05) is 36.4 Å². The molecule has 118 valence electrons. The van der Waals surface area contributed by atoms with Gasteiger partial charge in [-0.25, -0.2) is 0 Å². The molecule has 0 aliphatic rings. The predicted octanol–water partition coefficient (Wildman–Crippen LogP) is 6.62. The van der Waals surface area contributed by atoms with Gasteiger partial charge >= 0.3 is 0 Å². The molecule has 0 spiro atoms. The zero-order valence-corrected chi connectivity index (χ0v) is 16.6. The SMILES string of the molecule is COc1ccccc1-c1sc(-c2ccccc2OC)c(Br)c1Br. The molecule has 2 nitrogen and oxygen atoms in total. The minimum Gasteiger partial charge on any atom is -0.496 e. The molecule has 0 fully saturated rings. The zero-order valence-electron chi connectivity index (χ0n) is 12.6. The number of methoxy groups -OCH3 is 2. The van der Waals surface area contributed by atoms with Crippen LogP contribution >= 0.6 is 43.2 Å². The second-order valence-corrected chi connectivity index (χ2v) is 7.40. The highest BCUT2D eigenvalue weighted by molar-refractivity contribution is 9.13. The lowest BCUT2D eigenvalue weighted by Gasteiger charge is -2.07. The zero-order chi connectivity index (χ0) is 16.4. The molecule has 23 heavy (non-hydrogen) atoms. The highest BCUT2D eigenvalue weighted by atomic mass is 79.9. The molecule has 3 aromatic rings. The highest BCUT2D eigenvalue weighted by Gasteiger charge is 2.20. The van der Waals surface area contributed by atoms with E-state index in [-0.39, 0.29) is 0 Å². The first-order valence-electron chi connectivity index (χ1n) is 6.92. The van der Waals surface area contributed by atoms with Crippen molar-refractivity contribution in [2.75, 3.05) is 14.2 Å². The normalized spacial score (nSPS) is 10.6. The van der Waals surface area contributed by atoms with Crippen LogP contribution in [0.15, 0.2) is 57.5 Å². The summed E-state index contributed by atoms with van der Waals surface area (Å²) in [5.74, 6) is 1.71. The number of benzene rings is 2. The number of hydrogen-bond acceptors (Lipinski definition) is 3. The van der Waals surface area contributed by atoms with Crippen LogP contribution in [0.4, 0.5) is 0 Å². The van der Waals surface area contributed by atoms with Crippen LogP contribution in [0.25, 0.3) is 20.9 Å². The van der Waals surface area contributed by atoms with Crippen LogP contribution < -0.4 is 9.47 Å². The Bertz CT molecular complexity index is 775. The van der Waals surface area contributed by atoms with Crippen LogP contribution in [-0.2, 0) is 0 Å². The summed E-state index contributed by atoms with van der Waals surface area (Å²) in [6, 6.07) is 16.0. The molecular weight excluding hydrogens is 440 g/mol. The van der Waals surface area contributed by atoms with E-state index in [0.717, 1.165) is 41.3 Å². The summed E-state index contributed by atoms with van der Waals surface area (Å²) in [4.78, 5) is 2.24. The summed E-state index contributed by atoms with van der Waals surface area (Å²) < 4.78 is 13.0. The van der Waals surface area contributed by atoms with Crippen molar-refractivity contribution in [3.8, 4) is 32.4 Å². The maximum absolute atomic E-state index is 5.50. The second kappa shape index (κ2) is 7.07. The number of halogens is 2. The Balaban J connectivity index is 2.20. The summed E-state index contributed by atoms with van der Waals surface area (Å²) >= 11 is 9.12. The third kappa shape index (κ3) is 3.05. The fourth-order valence-corrected chi connectivity index (χ4v) is 5.12. The first kappa shape index (κ1) is 16.6. The van der Waals surface area contributed by atoms with Gasteiger partial charge in [0.2, 0.25) is 0 Å². The van der Waals surface area contributed by atoms with E-state index >= 15 is 0 Å². The Morgan fingerprint density at radius 1 is 0.696 bits per heavy atom. The minimum atomic E-state index is 0.855. The molecule has 0 atom stereocenters. The van der Waals surface area contributed by atoms with Crippen molar-refractivity contribution in [3.63, 3.8) is 0 Å². The average molecular weight is 454 g/mol. The molecule has 0 N–H and O–H groups in total. The molecule has 1 heterocycles. The Morgan fingerprint density at radius 3 is 1.48 bits per heavy atom. The van der Waals surface area contributed by atoms with Crippen molar-refractivity contribution in [1.82, 2.24) is 0 Å². The van der Waals surface area contributed by atoms with Crippen LogP contribution in [0, 0.1) is 0 Å². The Hall–Kier alpha value is -1.30. The fourth-order valence-electron chi connectivity index (χ4n) is 2.40. The molecule has 0 bridgehead atoms. The molecule has 1 aromatic heterocycles. The highest BCUT2D eigenvalue weighted by Crippen LogP contribution is 2.51. The topological polar surface area (TPSA) is 18.5 Å². The van der Waals surface area contributed by atoms with Gasteiger partial charge in [0.15, 0.2) is 0 Å². The number of hydrogen-bond donors (Lipinski definition) is 0. The number of para-hydroxylation sites is 2. The van der Waals surface area contributed by atoms with Crippen LogP contribution in [-0.4, -0.2) is 14.2 Å². The van der Waals surface area contributed by atoms with Crippen molar-refractivity contribution in [1.29, 1.82) is 0 Å². The van der Waals surface area contributed by atoms with Gasteiger partial charge in [-0.15, -0.1) is 11.3 Å². The Morgan fingerprint density at radius 2 is 1.09 bits per heavy atom. The van der Waals surface area contributed by atoms with E-state index in [2.05, 4.69) is 44.0 Å². The lowest BCUT2D eigenvalue weighted by molar-refractivity contribution is 0.416. The van der Waals surface area contributed by atoms with Crippen molar-refractivity contribution < 1.29 is 9.47 Å². The molecule has 3 rings (SSSR count). The quantitative estimate of drug-likeness (QED) is 0.441. The minimum absolute atomic E-state index is 0.855. The van der Waals surface area contributed by atoms with Crippen LogP contribution in [0.3, 0.4) is 0 Å². The Kier molecular flexibility index (Phi) is 5.09. The predicted molar refractivity (Wildman–Crippen MR) is 104 cm³/mol. The molecule has 5 heteroatoms. The molecule has 0 amide bonds. The lowest BCUT2D eigenvalue weighted by Crippen LogP contribution is -1.85. The maximum Gasteiger partial charge on any atom is 0.127 e. The van der Waals surface area contributed by atoms with Gasteiger partial charge in [-0.3, -0.25) is 0 Å². The Labute approximate surface area is 156 Å². The third-order valence-electron chi connectivity index (χ3n) is 3.50. The maximum atomic E-state index is 5.50. The van der Waals surface area contributed by atoms with E-state index < -0.39 is 0 Å². The smallest absolute Gasteiger partial charge is 0.127 e. The second-order valence-electron chi connectivity index (χ2n) is 4.79. The van der Waals surface area contributed by atoms with Crippen molar-refractivity contribution >= 4 is 43.2 Å². The van der Waals surface area contributed by atoms with Gasteiger partial charge in [-0.2, -0.15) is 0 Å². The molecule has 0 saturated carbocycles. The van der Waals surface area contributed by atoms with Gasteiger partial charge < -0.3 is 9.47 Å². The summed E-state index contributed by atoms with van der Waals surface area (Å²) in [6.07, 6.45) is 0. The summed E-state index contributed by atoms with van der Waals surface area (Å²) in [7, 11) is 3.38. The number of thiophene rings is 1. The van der Waals surface area contributed by atoms with Crippen LogP contribution in [0.5, 0.6) is 11.5 Å². The lowest BCUT2D eigenvalue weighted by atomic mass is 10.1. The summed E-state index contributed by atoms with van der Waals surface area (Å²) in [5.41, 5.74) is 2.13. The van der Waals surface area contributed by atoms with Crippen LogP contribution in [0.1, 0.15) is 0 Å². The van der Waals surface area contributed by atoms with Gasteiger partial charge in [-0.1, -0.05) is 24.3 Å². The average Bonchev–Trinajstić information content (AvgIpc) is 2.90. The summed E-state index contributed by atoms with van der Waals surface area (Å²) in [6.45, 7) is 0. The van der Waals surface area contributed by atoms with Crippen LogP contribution in [0.2, 0.25) is 0 Å². The molecular formula is C18H14Br2O2S. The standard InChI is InChI=1S/C18H14Br2O2S/c1-21-13-9-5-3-7-11(13)17-15(19)16(20)18(23-17)12-8-4-6-10-14(12)22-2/h3-10H,1-2H3. The number of ether oxygens (including phenoxy) is 2. The van der Waals surface area contributed by atoms with Gasteiger partial charge in [0.05, 0.1) is 32.9 Å². The first-order chi connectivity index (χ1) is 11.2. The largest absolute Gasteiger partial charge is 0.496 e. The molecule has 0 radical (unpaired) electrons. The third-order valence-corrected chi connectivity index (χ3v) is 7.40. The van der Waals surface area contributed by atoms with Gasteiger partial charge in [-0.05, 0) is 56.1 Å². The van der Waals surface area contributed by atoms with E-state index in [1.54, 1.807) is 25.6 Å². The fraction of sp³-hybridized carbons (Fsp3) is 0.111.